The number of nitrogens with two attached hydrogens (primary N) is 1. The number of nitrogen functional groups attached to an aromatic ring is 1. The molecule has 1 aliphatic carbocycles. The summed E-state index contributed by atoms with van der Waals surface area (Å²) in [5.74, 6) is 0.343. The molecule has 1 aromatic rings. The number of aromatic nitrogens is 2. The summed E-state index contributed by atoms with van der Waals surface area (Å²) in [6, 6.07) is 0.470. The van der Waals surface area contributed by atoms with Crippen LogP contribution in [0.4, 0.5) is 11.1 Å². The number of hydrogen-bond acceptors (Lipinski definition) is 6. The van der Waals surface area contributed by atoms with E-state index in [1.807, 2.05) is 0 Å². The lowest BCUT2D eigenvalue weighted by atomic mass is 9.89. The molecule has 5 nitrogen and oxygen atoms in total. The minimum atomic E-state index is 0.343. The summed E-state index contributed by atoms with van der Waals surface area (Å²) in [7, 11) is 1.74. The van der Waals surface area contributed by atoms with Crippen LogP contribution in [-0.2, 0) is 4.74 Å². The molecule has 1 aromatic heterocycles. The second kappa shape index (κ2) is 3.47. The lowest BCUT2D eigenvalue weighted by molar-refractivity contribution is 0.0329. The predicted octanol–water partition coefficient (Wildman–Crippen LogP) is 0.710. The first-order valence-electron chi connectivity index (χ1n) is 4.16. The SMILES string of the molecule is COC1CC(Nc2nc(N)ns2)C1. The summed E-state index contributed by atoms with van der Waals surface area (Å²) >= 11 is 1.30. The van der Waals surface area contributed by atoms with Crippen LogP contribution in [0.3, 0.4) is 0 Å². The third-order valence-electron chi connectivity index (χ3n) is 2.20. The minimum absolute atomic E-state index is 0.343. The molecule has 6 heteroatoms. The molecule has 0 aliphatic heterocycles. The number of hydrogen-bond donors (Lipinski definition) is 2. The average molecular weight is 200 g/mol. The van der Waals surface area contributed by atoms with Gasteiger partial charge >= 0.3 is 0 Å². The fourth-order valence-electron chi connectivity index (χ4n) is 1.34. The normalized spacial score (nSPS) is 26.8. The first-order chi connectivity index (χ1) is 6.28. The zero-order chi connectivity index (χ0) is 9.26. The van der Waals surface area contributed by atoms with E-state index in [-0.39, 0.29) is 0 Å². The first-order valence-corrected chi connectivity index (χ1v) is 4.94. The summed E-state index contributed by atoms with van der Waals surface area (Å²) in [5.41, 5.74) is 5.39. The average Bonchev–Trinajstić information content (AvgIpc) is 2.43. The van der Waals surface area contributed by atoms with Crippen molar-refractivity contribution in [3.05, 3.63) is 0 Å². The van der Waals surface area contributed by atoms with Crippen molar-refractivity contribution in [2.45, 2.75) is 25.0 Å². The van der Waals surface area contributed by atoms with E-state index in [0.29, 0.717) is 18.1 Å². The van der Waals surface area contributed by atoms with Crippen LogP contribution < -0.4 is 11.1 Å². The van der Waals surface area contributed by atoms with Crippen LogP contribution in [0.5, 0.6) is 0 Å². The Morgan fingerprint density at radius 3 is 2.92 bits per heavy atom. The third kappa shape index (κ3) is 1.89. The van der Waals surface area contributed by atoms with Crippen molar-refractivity contribution in [2.24, 2.45) is 0 Å². The Bertz CT molecular complexity index is 284. The standard InChI is InChI=1S/C7H12N4OS/c1-12-5-2-4(3-5)9-7-10-6(8)11-13-7/h4-5H,2-3H2,1H3,(H3,8,9,10,11). The molecule has 0 saturated heterocycles. The number of methoxy groups -OCH3 is 1. The van der Waals surface area contributed by atoms with Crippen molar-refractivity contribution in [1.29, 1.82) is 0 Å². The van der Waals surface area contributed by atoms with Gasteiger partial charge in [-0.2, -0.15) is 9.36 Å². The van der Waals surface area contributed by atoms with Crippen LogP contribution >= 0.6 is 11.5 Å². The summed E-state index contributed by atoms with van der Waals surface area (Å²) in [4.78, 5) is 4.02. The van der Waals surface area contributed by atoms with Gasteiger partial charge in [-0.15, -0.1) is 0 Å². The maximum absolute atomic E-state index is 5.39. The molecule has 0 bridgehead atoms. The van der Waals surface area contributed by atoms with Crippen molar-refractivity contribution in [2.75, 3.05) is 18.2 Å². The Morgan fingerprint density at radius 1 is 1.62 bits per heavy atom. The number of nitrogens with one attached hydrogen (secondary N) is 1. The van der Waals surface area contributed by atoms with E-state index in [1.165, 1.54) is 11.5 Å². The minimum Gasteiger partial charge on any atom is -0.381 e. The lowest BCUT2D eigenvalue weighted by Gasteiger charge is -2.34. The Hall–Kier alpha value is -0.880. The molecule has 0 aromatic carbocycles. The summed E-state index contributed by atoms with van der Waals surface area (Å²) in [6.07, 6.45) is 2.48. The van der Waals surface area contributed by atoms with Gasteiger partial charge in [-0.05, 0) is 12.8 Å². The van der Waals surface area contributed by atoms with Gasteiger partial charge < -0.3 is 15.8 Å². The van der Waals surface area contributed by atoms with Crippen LogP contribution in [-0.4, -0.2) is 28.6 Å². The van der Waals surface area contributed by atoms with Crippen molar-refractivity contribution < 1.29 is 4.74 Å². The summed E-state index contributed by atoms with van der Waals surface area (Å²) < 4.78 is 9.04. The molecule has 0 spiro atoms. The number of ether oxygens (including phenoxy) is 1. The van der Waals surface area contributed by atoms with Crippen molar-refractivity contribution in [3.8, 4) is 0 Å². The van der Waals surface area contributed by atoms with Gasteiger partial charge in [-0.1, -0.05) is 0 Å². The van der Waals surface area contributed by atoms with Crippen molar-refractivity contribution >= 4 is 22.6 Å². The van der Waals surface area contributed by atoms with Crippen LogP contribution in [0.15, 0.2) is 0 Å². The Kier molecular flexibility index (Phi) is 2.32. The van der Waals surface area contributed by atoms with E-state index in [2.05, 4.69) is 14.7 Å². The van der Waals surface area contributed by atoms with Crippen LogP contribution in [0, 0.1) is 0 Å². The third-order valence-corrected chi connectivity index (χ3v) is 2.86. The van der Waals surface area contributed by atoms with Crippen LogP contribution in [0.2, 0.25) is 0 Å². The largest absolute Gasteiger partial charge is 0.381 e. The molecule has 0 unspecified atom stereocenters. The maximum Gasteiger partial charge on any atom is 0.233 e. The molecule has 0 radical (unpaired) electrons. The second-order valence-corrected chi connectivity index (χ2v) is 3.88. The summed E-state index contributed by atoms with van der Waals surface area (Å²) in [5, 5.41) is 4.05. The molecular formula is C7H12N4OS. The molecule has 2 rings (SSSR count). The monoisotopic (exact) mass is 200 g/mol. The highest BCUT2D eigenvalue weighted by Crippen LogP contribution is 2.26. The van der Waals surface area contributed by atoms with Gasteiger partial charge in [0.1, 0.15) is 0 Å². The van der Waals surface area contributed by atoms with Gasteiger partial charge in [0.15, 0.2) is 0 Å². The highest BCUT2D eigenvalue weighted by molar-refractivity contribution is 7.09. The molecule has 3 N–H and O–H groups in total. The number of rotatable bonds is 3. The van der Waals surface area contributed by atoms with Gasteiger partial charge in [-0.25, -0.2) is 0 Å². The van der Waals surface area contributed by atoms with Crippen molar-refractivity contribution in [1.82, 2.24) is 9.36 Å². The topological polar surface area (TPSA) is 73.1 Å². The number of nitrogens with zero attached hydrogens (tertiary/aromatic N) is 2. The fourth-order valence-corrected chi connectivity index (χ4v) is 1.92. The molecule has 1 heterocycles. The van der Waals surface area contributed by atoms with E-state index in [1.54, 1.807) is 7.11 Å². The Labute approximate surface area is 80.5 Å². The van der Waals surface area contributed by atoms with E-state index >= 15 is 0 Å². The summed E-state index contributed by atoms with van der Waals surface area (Å²) in [6.45, 7) is 0. The van der Waals surface area contributed by atoms with Gasteiger partial charge in [-0.3, -0.25) is 0 Å². The molecule has 1 aliphatic rings. The lowest BCUT2D eigenvalue weighted by Crippen LogP contribution is -2.40. The highest BCUT2D eigenvalue weighted by atomic mass is 32.1. The second-order valence-electron chi connectivity index (χ2n) is 3.13. The molecule has 0 amide bonds. The van der Waals surface area contributed by atoms with Gasteiger partial charge in [0.25, 0.3) is 0 Å². The quantitative estimate of drug-likeness (QED) is 0.751. The Balaban J connectivity index is 1.81. The molecule has 0 atom stereocenters. The predicted molar refractivity (Wildman–Crippen MR) is 51.8 cm³/mol. The zero-order valence-corrected chi connectivity index (χ0v) is 8.17. The fraction of sp³-hybridized carbons (Fsp3) is 0.714. The molecule has 1 fully saturated rings. The number of anilines is 2. The Morgan fingerprint density at radius 2 is 2.38 bits per heavy atom. The van der Waals surface area contributed by atoms with Gasteiger partial charge in [0.05, 0.1) is 6.10 Å². The highest BCUT2D eigenvalue weighted by Gasteiger charge is 2.29. The first kappa shape index (κ1) is 8.71. The van der Waals surface area contributed by atoms with Crippen LogP contribution in [0.1, 0.15) is 12.8 Å². The van der Waals surface area contributed by atoms with E-state index in [0.717, 1.165) is 18.0 Å². The van der Waals surface area contributed by atoms with E-state index < -0.39 is 0 Å². The van der Waals surface area contributed by atoms with Gasteiger partial charge in [0.2, 0.25) is 11.1 Å². The van der Waals surface area contributed by atoms with Gasteiger partial charge in [0, 0.05) is 24.7 Å². The van der Waals surface area contributed by atoms with E-state index in [4.69, 9.17) is 10.5 Å². The van der Waals surface area contributed by atoms with Crippen molar-refractivity contribution in [3.63, 3.8) is 0 Å². The van der Waals surface area contributed by atoms with E-state index in [9.17, 15) is 0 Å². The smallest absolute Gasteiger partial charge is 0.233 e. The maximum atomic E-state index is 5.39. The molecule has 1 saturated carbocycles. The molecular weight excluding hydrogens is 188 g/mol. The molecule has 72 valence electrons. The zero-order valence-electron chi connectivity index (χ0n) is 7.36. The van der Waals surface area contributed by atoms with Crippen LogP contribution in [0.25, 0.3) is 0 Å². The molecule has 13 heavy (non-hydrogen) atoms.